The summed E-state index contributed by atoms with van der Waals surface area (Å²) in [5.74, 6) is 0. The summed E-state index contributed by atoms with van der Waals surface area (Å²) in [7, 11) is 0. The van der Waals surface area contributed by atoms with Gasteiger partial charge in [0.15, 0.2) is 5.11 Å². The Kier molecular flexibility index (Phi) is 7.92. The van der Waals surface area contributed by atoms with E-state index in [-0.39, 0.29) is 0 Å². The molecule has 0 unspecified atom stereocenters. The summed E-state index contributed by atoms with van der Waals surface area (Å²) in [5, 5.41) is 6.02. The molecule has 154 valence electrons. The molecule has 0 aliphatic carbocycles. The van der Waals surface area contributed by atoms with Crippen molar-refractivity contribution < 1.29 is 0 Å². The molecular weight excluding hydrogens is 400 g/mol. The number of anilines is 1. The van der Waals surface area contributed by atoms with Crippen molar-refractivity contribution in [2.75, 3.05) is 31.5 Å². The van der Waals surface area contributed by atoms with Gasteiger partial charge in [-0.3, -0.25) is 0 Å². The van der Waals surface area contributed by atoms with Crippen molar-refractivity contribution >= 4 is 45.5 Å². The van der Waals surface area contributed by atoms with Gasteiger partial charge in [0.05, 0.1) is 0 Å². The summed E-state index contributed by atoms with van der Waals surface area (Å²) in [6, 6.07) is 16.1. The largest absolute Gasteiger partial charge is 0.361 e. The number of rotatable bonds is 9. The summed E-state index contributed by atoms with van der Waals surface area (Å²) in [6.45, 7) is 9.28. The number of hydrogen-bond donors (Lipinski definition) is 2. The fourth-order valence-corrected chi connectivity index (χ4v) is 3.98. The van der Waals surface area contributed by atoms with Gasteiger partial charge in [-0.15, -0.1) is 0 Å². The smallest absolute Gasteiger partial charge is 0.173 e. The molecule has 0 aliphatic rings. The van der Waals surface area contributed by atoms with E-state index >= 15 is 0 Å². The topological polar surface area (TPSA) is 34.3 Å². The molecule has 0 spiro atoms. The summed E-state index contributed by atoms with van der Waals surface area (Å²) in [4.78, 5) is 8.05. The van der Waals surface area contributed by atoms with Crippen LogP contribution < -0.4 is 5.32 Å². The van der Waals surface area contributed by atoms with Crippen LogP contribution in [0.3, 0.4) is 0 Å². The van der Waals surface area contributed by atoms with Gasteiger partial charge in [0.1, 0.15) is 0 Å². The van der Waals surface area contributed by atoms with E-state index in [1.165, 1.54) is 10.9 Å². The van der Waals surface area contributed by atoms with Gasteiger partial charge in [-0.1, -0.05) is 49.7 Å². The van der Waals surface area contributed by atoms with E-state index in [9.17, 15) is 0 Å². The lowest BCUT2D eigenvalue weighted by Crippen LogP contribution is -2.36. The average molecular weight is 429 g/mol. The predicted octanol–water partition coefficient (Wildman–Crippen LogP) is 5.75. The second-order valence-electron chi connectivity index (χ2n) is 7.10. The lowest BCUT2D eigenvalue weighted by atomic mass is 10.1. The number of nitrogens with zero attached hydrogens (tertiary/aromatic N) is 2. The first-order valence-electron chi connectivity index (χ1n) is 10.2. The van der Waals surface area contributed by atoms with Crippen molar-refractivity contribution in [3.8, 4) is 0 Å². The maximum absolute atomic E-state index is 6.13. The van der Waals surface area contributed by atoms with Crippen LogP contribution in [0.5, 0.6) is 0 Å². The first kappa shape index (κ1) is 21.6. The van der Waals surface area contributed by atoms with Crippen LogP contribution in [0.4, 0.5) is 5.69 Å². The zero-order valence-electron chi connectivity index (χ0n) is 17.1. The van der Waals surface area contributed by atoms with E-state index in [0.29, 0.717) is 5.02 Å². The number of halogens is 1. The van der Waals surface area contributed by atoms with Crippen LogP contribution in [0.25, 0.3) is 10.9 Å². The van der Waals surface area contributed by atoms with Crippen LogP contribution in [-0.4, -0.2) is 46.1 Å². The standard InChI is InChI=1S/C23H29ClN4S/c1-3-27(4-2)13-8-14-28(23(29)26-20-10-7-9-19(24)15-20)17-18-16-25-22-12-6-5-11-21(18)22/h5-7,9-12,15-16,25H,3-4,8,13-14,17H2,1-2H3,(H,26,29). The van der Waals surface area contributed by atoms with Crippen LogP contribution in [0, 0.1) is 0 Å². The molecule has 0 radical (unpaired) electrons. The highest BCUT2D eigenvalue weighted by atomic mass is 35.5. The van der Waals surface area contributed by atoms with E-state index < -0.39 is 0 Å². The number of hydrogen-bond acceptors (Lipinski definition) is 2. The SMILES string of the molecule is CCN(CC)CCCN(Cc1c[nH]c2ccccc12)C(=S)Nc1cccc(Cl)c1. The number of H-pyrrole nitrogens is 1. The van der Waals surface area contributed by atoms with E-state index in [2.05, 4.69) is 64.4 Å². The maximum Gasteiger partial charge on any atom is 0.173 e. The van der Waals surface area contributed by atoms with Crippen molar-refractivity contribution in [2.24, 2.45) is 0 Å². The Morgan fingerprint density at radius 3 is 2.62 bits per heavy atom. The Bertz CT molecular complexity index is 935. The van der Waals surface area contributed by atoms with Gasteiger partial charge in [0.25, 0.3) is 0 Å². The molecule has 2 N–H and O–H groups in total. The minimum absolute atomic E-state index is 0.697. The fourth-order valence-electron chi connectivity index (χ4n) is 3.51. The highest BCUT2D eigenvalue weighted by Gasteiger charge is 2.14. The van der Waals surface area contributed by atoms with E-state index in [4.69, 9.17) is 23.8 Å². The number of nitrogens with one attached hydrogen (secondary N) is 2. The van der Waals surface area contributed by atoms with Crippen LogP contribution in [0.15, 0.2) is 54.7 Å². The monoisotopic (exact) mass is 428 g/mol. The Balaban J connectivity index is 1.74. The Labute approximate surface area is 183 Å². The lowest BCUT2D eigenvalue weighted by molar-refractivity contribution is 0.281. The van der Waals surface area contributed by atoms with E-state index in [0.717, 1.165) is 55.5 Å². The van der Waals surface area contributed by atoms with Gasteiger partial charge >= 0.3 is 0 Å². The summed E-state index contributed by atoms with van der Waals surface area (Å²) in [5.41, 5.74) is 3.31. The molecule has 4 nitrogen and oxygen atoms in total. The molecule has 1 heterocycles. The zero-order valence-corrected chi connectivity index (χ0v) is 18.7. The molecule has 0 saturated carbocycles. The Hall–Kier alpha value is -2.08. The molecule has 6 heteroatoms. The second kappa shape index (κ2) is 10.6. The summed E-state index contributed by atoms with van der Waals surface area (Å²) >= 11 is 11.9. The van der Waals surface area contributed by atoms with Crippen molar-refractivity contribution in [3.05, 3.63) is 65.3 Å². The van der Waals surface area contributed by atoms with Crippen molar-refractivity contribution in [1.29, 1.82) is 0 Å². The molecule has 0 atom stereocenters. The predicted molar refractivity (Wildman–Crippen MR) is 129 cm³/mol. The van der Waals surface area contributed by atoms with Gasteiger partial charge in [-0.2, -0.15) is 0 Å². The molecule has 0 aliphatic heterocycles. The quantitative estimate of drug-likeness (QED) is 0.425. The van der Waals surface area contributed by atoms with Gasteiger partial charge in [-0.25, -0.2) is 0 Å². The summed E-state index contributed by atoms with van der Waals surface area (Å²) in [6.07, 6.45) is 3.14. The van der Waals surface area contributed by atoms with Crippen molar-refractivity contribution in [3.63, 3.8) is 0 Å². The van der Waals surface area contributed by atoms with Gasteiger partial charge in [-0.05, 0) is 68.1 Å². The molecule has 0 bridgehead atoms. The Morgan fingerprint density at radius 2 is 1.86 bits per heavy atom. The number of thiocarbonyl (C=S) groups is 1. The molecule has 3 aromatic rings. The normalized spacial score (nSPS) is 11.2. The zero-order chi connectivity index (χ0) is 20.6. The van der Waals surface area contributed by atoms with Gasteiger partial charge in [0, 0.05) is 40.9 Å². The number of fused-ring (bicyclic) bond motifs is 1. The van der Waals surface area contributed by atoms with Crippen LogP contribution in [-0.2, 0) is 6.54 Å². The highest BCUT2D eigenvalue weighted by molar-refractivity contribution is 7.80. The number of aromatic nitrogens is 1. The minimum Gasteiger partial charge on any atom is -0.361 e. The van der Waals surface area contributed by atoms with E-state index in [1.54, 1.807) is 0 Å². The van der Waals surface area contributed by atoms with E-state index in [1.807, 2.05) is 24.3 Å². The molecule has 0 amide bonds. The molecule has 1 aromatic heterocycles. The first-order valence-corrected chi connectivity index (χ1v) is 11.0. The second-order valence-corrected chi connectivity index (χ2v) is 7.93. The van der Waals surface area contributed by atoms with Crippen molar-refractivity contribution in [1.82, 2.24) is 14.8 Å². The van der Waals surface area contributed by atoms with Crippen LogP contribution in [0.2, 0.25) is 5.02 Å². The van der Waals surface area contributed by atoms with Crippen molar-refractivity contribution in [2.45, 2.75) is 26.8 Å². The van der Waals surface area contributed by atoms with Crippen LogP contribution >= 0.6 is 23.8 Å². The lowest BCUT2D eigenvalue weighted by Gasteiger charge is -2.27. The summed E-state index contributed by atoms with van der Waals surface area (Å²) < 4.78 is 0. The number of benzene rings is 2. The third-order valence-corrected chi connectivity index (χ3v) is 5.79. The Morgan fingerprint density at radius 1 is 1.07 bits per heavy atom. The number of para-hydroxylation sites is 1. The average Bonchev–Trinajstić information content (AvgIpc) is 3.13. The highest BCUT2D eigenvalue weighted by Crippen LogP contribution is 2.21. The fraction of sp³-hybridized carbons (Fsp3) is 0.348. The van der Waals surface area contributed by atoms with Crippen LogP contribution in [0.1, 0.15) is 25.8 Å². The maximum atomic E-state index is 6.13. The first-order chi connectivity index (χ1) is 14.1. The molecule has 0 saturated heterocycles. The molecule has 2 aromatic carbocycles. The minimum atomic E-state index is 0.697. The molecular formula is C23H29ClN4S. The molecule has 29 heavy (non-hydrogen) atoms. The number of aromatic amines is 1. The molecule has 0 fully saturated rings. The third kappa shape index (κ3) is 5.95. The van der Waals surface area contributed by atoms with Gasteiger partial charge in [0.2, 0.25) is 0 Å². The molecule has 3 rings (SSSR count). The van der Waals surface area contributed by atoms with Gasteiger partial charge < -0.3 is 20.1 Å². The third-order valence-electron chi connectivity index (χ3n) is 5.20.